The summed E-state index contributed by atoms with van der Waals surface area (Å²) in [7, 11) is 0. The molecule has 5 aromatic rings. The maximum atomic E-state index is 5.85. The molecular weight excluding hydrogens is 502 g/mol. The lowest BCUT2D eigenvalue weighted by Crippen LogP contribution is -2.09. The molecule has 0 radical (unpaired) electrons. The van der Waals surface area contributed by atoms with Crippen molar-refractivity contribution in [2.75, 3.05) is 6.61 Å². The number of thioether (sulfide) groups is 1. The van der Waals surface area contributed by atoms with E-state index in [0.717, 1.165) is 45.5 Å². The van der Waals surface area contributed by atoms with Crippen LogP contribution in [0.15, 0.2) is 137 Å². The fraction of sp³-hybridized carbons (Fsp3) is 0.125. The first-order valence-electron chi connectivity index (χ1n) is 12.9. The van der Waals surface area contributed by atoms with Crippen molar-refractivity contribution in [3.63, 3.8) is 0 Å². The molecule has 0 fully saturated rings. The van der Waals surface area contributed by atoms with Crippen LogP contribution in [0.1, 0.15) is 39.7 Å². The highest BCUT2D eigenvalue weighted by atomic mass is 32.2. The number of hydrogen-bond donors (Lipinski definition) is 0. The van der Waals surface area contributed by atoms with Crippen molar-refractivity contribution >= 4 is 23.2 Å². The fourth-order valence-electron chi connectivity index (χ4n) is 4.50. The molecule has 0 amide bonds. The Balaban J connectivity index is 1.25. The number of rotatable bonds is 8. The molecule has 0 aliphatic carbocycles. The first kappa shape index (κ1) is 24.8. The lowest BCUT2D eigenvalue weighted by Gasteiger charge is -2.14. The minimum absolute atomic E-state index is 0.184. The molecule has 6 rings (SSSR count). The maximum Gasteiger partial charge on any atom is 0.212 e. The second-order valence-electron chi connectivity index (χ2n) is 9.10. The second kappa shape index (κ2) is 11.9. The van der Waals surface area contributed by atoms with Gasteiger partial charge in [-0.2, -0.15) is 9.78 Å². The third kappa shape index (κ3) is 5.84. The smallest absolute Gasteiger partial charge is 0.212 e. The Bertz CT molecular complexity index is 1530. The normalized spacial score (nSPS) is 14.6. The largest absolute Gasteiger partial charge is 0.395 e. The molecule has 0 saturated heterocycles. The summed E-state index contributed by atoms with van der Waals surface area (Å²) in [6.45, 7) is 0.351. The van der Waals surface area contributed by atoms with Crippen molar-refractivity contribution in [1.29, 1.82) is 0 Å². The van der Waals surface area contributed by atoms with Gasteiger partial charge in [0.1, 0.15) is 12.3 Å². The van der Waals surface area contributed by atoms with Crippen LogP contribution in [-0.4, -0.2) is 32.9 Å². The summed E-state index contributed by atoms with van der Waals surface area (Å²) in [5.41, 5.74) is 6.15. The third-order valence-corrected chi connectivity index (χ3v) is 7.66. The molecule has 2 heterocycles. The molecule has 0 saturated carbocycles. The van der Waals surface area contributed by atoms with Crippen LogP contribution in [0, 0.1) is 0 Å². The number of fused-ring (bicyclic) bond motifs is 1. The summed E-state index contributed by atoms with van der Waals surface area (Å²) in [6, 6.07) is 41.0. The fourth-order valence-corrected chi connectivity index (χ4v) is 5.63. The zero-order chi connectivity index (χ0) is 26.3. The molecule has 6 nitrogen and oxygen atoms in total. The minimum atomic E-state index is 0.184. The lowest BCUT2D eigenvalue weighted by atomic mass is 10.0. The monoisotopic (exact) mass is 529 g/mol. The van der Waals surface area contributed by atoms with E-state index in [1.54, 1.807) is 11.8 Å². The van der Waals surface area contributed by atoms with Crippen LogP contribution in [-0.2, 0) is 11.3 Å². The number of benzene rings is 4. The Hall–Kier alpha value is -4.49. The highest BCUT2D eigenvalue weighted by molar-refractivity contribution is 7.99. The first-order valence-corrected chi connectivity index (χ1v) is 13.8. The van der Waals surface area contributed by atoms with Crippen molar-refractivity contribution in [2.45, 2.75) is 23.2 Å². The van der Waals surface area contributed by atoms with Crippen molar-refractivity contribution in [3.05, 3.63) is 149 Å². The van der Waals surface area contributed by atoms with Crippen LogP contribution in [0.2, 0.25) is 0 Å². The second-order valence-corrected chi connectivity index (χ2v) is 10.3. The third-order valence-electron chi connectivity index (χ3n) is 6.47. The molecule has 0 bridgehead atoms. The van der Waals surface area contributed by atoms with Gasteiger partial charge in [0.25, 0.3) is 0 Å². The quantitative estimate of drug-likeness (QED) is 0.126. The predicted molar refractivity (Wildman–Crippen MR) is 156 cm³/mol. The molecule has 192 valence electrons. The molecule has 1 aromatic heterocycles. The number of nitrogens with zero attached hydrogens (tertiary/aromatic N) is 5. The van der Waals surface area contributed by atoms with Gasteiger partial charge in [-0.15, -0.1) is 10.2 Å². The van der Waals surface area contributed by atoms with E-state index in [4.69, 9.17) is 9.94 Å². The van der Waals surface area contributed by atoms with Gasteiger partial charge in [0.15, 0.2) is 5.82 Å². The summed E-state index contributed by atoms with van der Waals surface area (Å²) < 4.78 is 1.87. The topological polar surface area (TPSA) is 64.7 Å². The molecule has 1 unspecified atom stereocenters. The number of oxime groups is 1. The van der Waals surface area contributed by atoms with Gasteiger partial charge in [0.2, 0.25) is 5.16 Å². The zero-order valence-corrected chi connectivity index (χ0v) is 22.1. The van der Waals surface area contributed by atoms with Crippen LogP contribution in [0.4, 0.5) is 0 Å². The number of hydrogen-bond acceptors (Lipinski definition) is 6. The van der Waals surface area contributed by atoms with Gasteiger partial charge in [-0.1, -0.05) is 138 Å². The Morgan fingerprint density at radius 3 is 2.00 bits per heavy atom. The van der Waals surface area contributed by atoms with E-state index in [1.807, 2.05) is 89.6 Å². The SMILES string of the molecule is c1ccc(C2=Nn3c(CCON=C(c4ccccc4)c4ccccc4)nnc3SC(c3ccccc3)C2)cc1. The lowest BCUT2D eigenvalue weighted by molar-refractivity contribution is 0.146. The Labute approximate surface area is 232 Å². The average Bonchev–Trinajstić information content (AvgIpc) is 3.27. The highest BCUT2D eigenvalue weighted by Crippen LogP contribution is 2.40. The molecule has 0 N–H and O–H groups in total. The van der Waals surface area contributed by atoms with E-state index in [9.17, 15) is 0 Å². The summed E-state index contributed by atoms with van der Waals surface area (Å²) in [4.78, 5) is 5.85. The first-order chi connectivity index (χ1) is 19.3. The molecule has 1 atom stereocenters. The average molecular weight is 530 g/mol. The molecule has 0 spiro atoms. The van der Waals surface area contributed by atoms with Gasteiger partial charge in [0.05, 0.1) is 5.71 Å². The van der Waals surface area contributed by atoms with E-state index in [-0.39, 0.29) is 5.25 Å². The van der Waals surface area contributed by atoms with Gasteiger partial charge in [-0.05, 0) is 11.1 Å². The molecular formula is C32H27N5OS. The predicted octanol–water partition coefficient (Wildman–Crippen LogP) is 6.78. The zero-order valence-electron chi connectivity index (χ0n) is 21.3. The van der Waals surface area contributed by atoms with Gasteiger partial charge >= 0.3 is 0 Å². The van der Waals surface area contributed by atoms with E-state index < -0.39 is 0 Å². The van der Waals surface area contributed by atoms with E-state index in [2.05, 4.69) is 51.8 Å². The van der Waals surface area contributed by atoms with Crippen LogP contribution in [0.3, 0.4) is 0 Å². The van der Waals surface area contributed by atoms with Crippen molar-refractivity contribution in [1.82, 2.24) is 14.9 Å². The standard InChI is InChI=1S/C32H27N5OS/c1-5-13-24(14-6-1)28-23-29(25-15-7-2-8-16-25)39-32-34-33-30(37(32)35-28)21-22-38-36-31(26-17-9-3-10-18-26)27-19-11-4-12-20-27/h1-20,29H,21-23H2. The van der Waals surface area contributed by atoms with Crippen molar-refractivity contribution in [2.24, 2.45) is 10.3 Å². The summed E-state index contributed by atoms with van der Waals surface area (Å²) in [5.74, 6) is 0.746. The Morgan fingerprint density at radius 2 is 1.36 bits per heavy atom. The van der Waals surface area contributed by atoms with Gasteiger partial charge in [-0.25, -0.2) is 0 Å². The van der Waals surface area contributed by atoms with Crippen LogP contribution in [0.5, 0.6) is 0 Å². The Morgan fingerprint density at radius 1 is 0.769 bits per heavy atom. The molecule has 39 heavy (non-hydrogen) atoms. The van der Waals surface area contributed by atoms with E-state index >= 15 is 0 Å². The van der Waals surface area contributed by atoms with Gasteiger partial charge in [-0.3, -0.25) is 0 Å². The van der Waals surface area contributed by atoms with Crippen molar-refractivity contribution in [3.8, 4) is 0 Å². The summed E-state index contributed by atoms with van der Waals surface area (Å²) >= 11 is 1.70. The van der Waals surface area contributed by atoms with E-state index in [0.29, 0.717) is 13.0 Å². The molecule has 1 aliphatic rings. The Kier molecular flexibility index (Phi) is 7.59. The summed E-state index contributed by atoms with van der Waals surface area (Å²) in [5, 5.41) is 19.5. The van der Waals surface area contributed by atoms with Crippen LogP contribution >= 0.6 is 11.8 Å². The number of aromatic nitrogens is 3. The maximum absolute atomic E-state index is 5.85. The van der Waals surface area contributed by atoms with Crippen LogP contribution in [0.25, 0.3) is 0 Å². The van der Waals surface area contributed by atoms with E-state index in [1.165, 1.54) is 5.56 Å². The van der Waals surface area contributed by atoms with Crippen LogP contribution < -0.4 is 0 Å². The van der Waals surface area contributed by atoms with Gasteiger partial charge in [0, 0.05) is 29.2 Å². The molecule has 1 aliphatic heterocycles. The summed E-state index contributed by atoms with van der Waals surface area (Å²) in [6.07, 6.45) is 1.31. The minimum Gasteiger partial charge on any atom is -0.395 e. The molecule has 4 aromatic carbocycles. The molecule has 7 heteroatoms. The highest BCUT2D eigenvalue weighted by Gasteiger charge is 2.26. The van der Waals surface area contributed by atoms with Crippen molar-refractivity contribution < 1.29 is 4.84 Å². The van der Waals surface area contributed by atoms with Gasteiger partial charge < -0.3 is 4.84 Å².